The van der Waals surface area contributed by atoms with Gasteiger partial charge < -0.3 is 19.8 Å². The Hall–Kier alpha value is -2.35. The monoisotopic (exact) mass is 334 g/mol. The van der Waals surface area contributed by atoms with Gasteiger partial charge in [-0.1, -0.05) is 6.92 Å². The molecule has 0 amide bonds. The van der Waals surface area contributed by atoms with Gasteiger partial charge in [0.25, 0.3) is 0 Å². The number of methoxy groups -OCH3 is 2. The third kappa shape index (κ3) is 2.77. The Morgan fingerprint density at radius 3 is 2.83 bits per heavy atom. The predicted molar refractivity (Wildman–Crippen MR) is 89.7 cm³/mol. The van der Waals surface area contributed by atoms with E-state index in [-0.39, 0.29) is 23.4 Å². The number of hydrazone groups is 1. The lowest BCUT2D eigenvalue weighted by molar-refractivity contribution is -0.385. The predicted octanol–water partition coefficient (Wildman–Crippen LogP) is 1.95. The van der Waals surface area contributed by atoms with E-state index in [1.807, 2.05) is 0 Å². The Kier molecular flexibility index (Phi) is 4.57. The summed E-state index contributed by atoms with van der Waals surface area (Å²) in [5.74, 6) is 0.723. The van der Waals surface area contributed by atoms with E-state index < -0.39 is 4.92 Å². The average Bonchev–Trinajstić information content (AvgIpc) is 3.03. The summed E-state index contributed by atoms with van der Waals surface area (Å²) >= 11 is 0. The summed E-state index contributed by atoms with van der Waals surface area (Å²) in [5.41, 5.74) is 5.00. The molecule has 1 N–H and O–H groups in total. The first-order chi connectivity index (χ1) is 11.6. The third-order valence-electron chi connectivity index (χ3n) is 4.80. The molecule has 8 heteroatoms. The molecule has 0 radical (unpaired) electrons. The fourth-order valence-electron chi connectivity index (χ4n) is 3.49. The molecule has 1 aromatic rings. The van der Waals surface area contributed by atoms with Crippen LogP contribution in [0.1, 0.15) is 24.9 Å². The molecule has 24 heavy (non-hydrogen) atoms. The van der Waals surface area contributed by atoms with Crippen LogP contribution in [0.3, 0.4) is 0 Å². The van der Waals surface area contributed by atoms with Crippen molar-refractivity contribution >= 4 is 11.4 Å². The molecule has 3 rings (SSSR count). The summed E-state index contributed by atoms with van der Waals surface area (Å²) in [5, 5.41) is 15.9. The number of nitrogens with one attached hydrogen (secondary N) is 1. The second kappa shape index (κ2) is 6.64. The number of fused-ring (bicyclic) bond motifs is 1. The zero-order valence-electron chi connectivity index (χ0n) is 14.1. The summed E-state index contributed by atoms with van der Waals surface area (Å²) in [6, 6.07) is 3.27. The number of rotatable bonds is 5. The van der Waals surface area contributed by atoms with Crippen molar-refractivity contribution in [2.45, 2.75) is 19.4 Å². The van der Waals surface area contributed by atoms with Crippen LogP contribution in [0.4, 0.5) is 5.69 Å². The molecule has 0 aliphatic carbocycles. The van der Waals surface area contributed by atoms with Gasteiger partial charge in [-0.3, -0.25) is 10.1 Å². The second-order valence-corrected chi connectivity index (χ2v) is 5.99. The minimum absolute atomic E-state index is 0.0899. The molecule has 130 valence electrons. The molecule has 2 heterocycles. The molecular weight excluding hydrogens is 312 g/mol. The van der Waals surface area contributed by atoms with Gasteiger partial charge in [0.2, 0.25) is 5.75 Å². The first-order valence-corrected chi connectivity index (χ1v) is 8.03. The summed E-state index contributed by atoms with van der Waals surface area (Å²) in [6.45, 7) is 5.03. The maximum atomic E-state index is 11.4. The van der Waals surface area contributed by atoms with Crippen molar-refractivity contribution in [1.82, 2.24) is 10.3 Å². The Morgan fingerprint density at radius 1 is 1.42 bits per heavy atom. The largest absolute Gasteiger partial charge is 0.493 e. The number of piperidine rings is 1. The average molecular weight is 334 g/mol. The highest BCUT2D eigenvalue weighted by Gasteiger charge is 2.38. The van der Waals surface area contributed by atoms with Crippen LogP contribution < -0.4 is 14.9 Å². The van der Waals surface area contributed by atoms with Crippen LogP contribution in [0.2, 0.25) is 0 Å². The molecule has 0 spiro atoms. The number of nitro benzene ring substituents is 1. The number of likely N-dealkylation sites (tertiary alicyclic amines) is 1. The van der Waals surface area contributed by atoms with Crippen molar-refractivity contribution in [1.29, 1.82) is 0 Å². The lowest BCUT2D eigenvalue weighted by Gasteiger charge is -2.32. The molecule has 2 aliphatic heterocycles. The maximum Gasteiger partial charge on any atom is 0.315 e. The minimum Gasteiger partial charge on any atom is -0.493 e. The van der Waals surface area contributed by atoms with Crippen molar-refractivity contribution < 1.29 is 14.4 Å². The molecule has 0 aromatic heterocycles. The van der Waals surface area contributed by atoms with Crippen LogP contribution in [-0.2, 0) is 0 Å². The quantitative estimate of drug-likeness (QED) is 0.654. The van der Waals surface area contributed by atoms with Crippen LogP contribution in [0.5, 0.6) is 11.5 Å². The molecule has 8 nitrogen and oxygen atoms in total. The molecule has 0 bridgehead atoms. The van der Waals surface area contributed by atoms with Crippen LogP contribution in [0.25, 0.3) is 0 Å². The molecule has 2 aliphatic rings. The van der Waals surface area contributed by atoms with Crippen molar-refractivity contribution in [3.05, 3.63) is 27.8 Å². The van der Waals surface area contributed by atoms with Crippen LogP contribution in [0.15, 0.2) is 17.2 Å². The molecule has 1 fully saturated rings. The number of nitrogens with zero attached hydrogens (tertiary/aromatic N) is 3. The lowest BCUT2D eigenvalue weighted by atomic mass is 9.86. The Morgan fingerprint density at radius 2 is 2.21 bits per heavy atom. The van der Waals surface area contributed by atoms with Gasteiger partial charge in [0, 0.05) is 37.2 Å². The van der Waals surface area contributed by atoms with E-state index in [2.05, 4.69) is 22.4 Å². The van der Waals surface area contributed by atoms with E-state index in [1.165, 1.54) is 14.2 Å². The zero-order chi connectivity index (χ0) is 17.3. The lowest BCUT2D eigenvalue weighted by Crippen LogP contribution is -2.41. The van der Waals surface area contributed by atoms with Crippen molar-refractivity contribution in [2.75, 3.05) is 33.9 Å². The SMILES string of the molecule is CCN1CCC2=NNC(c3cc(OC)c(OC)c([N+](=O)[O-])c3)C2C1. The molecular formula is C16H22N4O4. The summed E-state index contributed by atoms with van der Waals surface area (Å²) < 4.78 is 10.5. The second-order valence-electron chi connectivity index (χ2n) is 5.99. The van der Waals surface area contributed by atoms with Crippen LogP contribution in [0, 0.1) is 16.0 Å². The van der Waals surface area contributed by atoms with Crippen LogP contribution >= 0.6 is 0 Å². The van der Waals surface area contributed by atoms with Gasteiger partial charge in [-0.2, -0.15) is 5.10 Å². The fourth-order valence-corrected chi connectivity index (χ4v) is 3.49. The number of benzene rings is 1. The molecule has 1 saturated heterocycles. The van der Waals surface area contributed by atoms with E-state index in [4.69, 9.17) is 9.47 Å². The van der Waals surface area contributed by atoms with Crippen molar-refractivity contribution in [3.8, 4) is 11.5 Å². The van der Waals surface area contributed by atoms with Gasteiger partial charge in [-0.15, -0.1) is 0 Å². The molecule has 2 unspecified atom stereocenters. The van der Waals surface area contributed by atoms with Gasteiger partial charge in [-0.05, 0) is 18.2 Å². The van der Waals surface area contributed by atoms with Gasteiger partial charge in [0.1, 0.15) is 0 Å². The standard InChI is InChI=1S/C16H22N4O4/c1-4-19-6-5-12-11(9-19)15(18-17-12)10-7-13(20(21)22)16(24-3)14(8-10)23-2/h7-8,11,15,18H,4-6,9H2,1-3H3. The fraction of sp³-hybridized carbons (Fsp3) is 0.562. The van der Waals surface area contributed by atoms with Gasteiger partial charge >= 0.3 is 5.69 Å². The number of hydrogen-bond acceptors (Lipinski definition) is 7. The molecule has 1 aromatic carbocycles. The summed E-state index contributed by atoms with van der Waals surface area (Å²) in [4.78, 5) is 13.3. The zero-order valence-corrected chi connectivity index (χ0v) is 14.1. The number of ether oxygens (including phenoxy) is 2. The van der Waals surface area contributed by atoms with Gasteiger partial charge in [0.05, 0.1) is 25.2 Å². The van der Waals surface area contributed by atoms with E-state index in [0.29, 0.717) is 5.75 Å². The third-order valence-corrected chi connectivity index (χ3v) is 4.80. The summed E-state index contributed by atoms with van der Waals surface area (Å²) in [6.07, 6.45) is 0.928. The molecule has 0 saturated carbocycles. The smallest absolute Gasteiger partial charge is 0.315 e. The highest BCUT2D eigenvalue weighted by Crippen LogP contribution is 2.42. The summed E-state index contributed by atoms with van der Waals surface area (Å²) in [7, 11) is 2.88. The van der Waals surface area contributed by atoms with Crippen LogP contribution in [-0.4, -0.2) is 49.4 Å². The van der Waals surface area contributed by atoms with Crippen molar-refractivity contribution in [2.24, 2.45) is 11.0 Å². The topological polar surface area (TPSA) is 89.2 Å². The van der Waals surface area contributed by atoms with E-state index in [0.717, 1.165) is 37.3 Å². The van der Waals surface area contributed by atoms with Gasteiger partial charge in [-0.25, -0.2) is 0 Å². The normalized spacial score (nSPS) is 23.2. The Bertz CT molecular complexity index is 676. The molecule has 2 atom stereocenters. The van der Waals surface area contributed by atoms with Crippen molar-refractivity contribution in [3.63, 3.8) is 0 Å². The van der Waals surface area contributed by atoms with E-state index >= 15 is 0 Å². The first-order valence-electron chi connectivity index (χ1n) is 8.03. The first kappa shape index (κ1) is 16.5. The Balaban J connectivity index is 1.97. The highest BCUT2D eigenvalue weighted by atomic mass is 16.6. The Labute approximate surface area is 140 Å². The van der Waals surface area contributed by atoms with E-state index in [1.54, 1.807) is 12.1 Å². The minimum atomic E-state index is -0.444. The van der Waals surface area contributed by atoms with Gasteiger partial charge in [0.15, 0.2) is 5.75 Å². The number of hydrogen-bond donors (Lipinski definition) is 1. The number of nitro groups is 1. The van der Waals surface area contributed by atoms with E-state index in [9.17, 15) is 10.1 Å². The maximum absolute atomic E-state index is 11.4. The highest BCUT2D eigenvalue weighted by molar-refractivity contribution is 5.90.